The van der Waals surface area contributed by atoms with Gasteiger partial charge in [0.05, 0.1) is 7.11 Å². The van der Waals surface area contributed by atoms with Gasteiger partial charge in [-0.3, -0.25) is 4.90 Å². The van der Waals surface area contributed by atoms with Gasteiger partial charge in [0.15, 0.2) is 0 Å². The quantitative estimate of drug-likeness (QED) is 0.439. The summed E-state index contributed by atoms with van der Waals surface area (Å²) in [6, 6.07) is 26.7. The average molecular weight is 446 g/mol. The molecule has 0 spiro atoms. The highest BCUT2D eigenvalue weighted by molar-refractivity contribution is 5.36. The first-order valence-corrected chi connectivity index (χ1v) is 12.0. The smallest absolute Gasteiger partial charge is 0.119 e. The number of nitrogens with zero attached hydrogens (tertiary/aromatic N) is 1. The summed E-state index contributed by atoms with van der Waals surface area (Å²) >= 11 is 0. The van der Waals surface area contributed by atoms with Gasteiger partial charge in [-0.1, -0.05) is 54.6 Å². The molecule has 4 nitrogen and oxygen atoms in total. The number of fused-ring (bicyclic) bond motifs is 1. The monoisotopic (exact) mass is 445 g/mol. The van der Waals surface area contributed by atoms with E-state index in [0.29, 0.717) is 19.1 Å². The maximum atomic E-state index is 10.8. The standard InChI is InChI=1S/C29H35NO3/c1-32-29-16-15-25-12-8-11-24(17-26(25)18-29)20-30(19-23-9-4-2-5-10-23)21-27(31)22-33-28-13-6-3-7-14-28/h2-7,9-10,13-16,18,24,27,31H,8,11-12,17,19-22H2,1H3/t24?,27-/m0/s1. The van der Waals surface area contributed by atoms with Crippen molar-refractivity contribution >= 4 is 0 Å². The highest BCUT2D eigenvalue weighted by Crippen LogP contribution is 2.28. The zero-order chi connectivity index (χ0) is 22.9. The molecule has 0 saturated heterocycles. The van der Waals surface area contributed by atoms with Gasteiger partial charge in [0.2, 0.25) is 0 Å². The van der Waals surface area contributed by atoms with Crippen molar-refractivity contribution in [1.29, 1.82) is 0 Å². The van der Waals surface area contributed by atoms with E-state index in [4.69, 9.17) is 9.47 Å². The molecule has 0 aliphatic heterocycles. The summed E-state index contributed by atoms with van der Waals surface area (Å²) in [6.45, 7) is 2.65. The van der Waals surface area contributed by atoms with Crippen LogP contribution in [0, 0.1) is 5.92 Å². The maximum Gasteiger partial charge on any atom is 0.119 e. The Morgan fingerprint density at radius 1 is 0.939 bits per heavy atom. The van der Waals surface area contributed by atoms with E-state index < -0.39 is 6.10 Å². The van der Waals surface area contributed by atoms with Crippen LogP contribution in [-0.2, 0) is 19.4 Å². The van der Waals surface area contributed by atoms with E-state index in [1.165, 1.54) is 29.5 Å². The van der Waals surface area contributed by atoms with E-state index >= 15 is 0 Å². The number of aliphatic hydroxyl groups excluding tert-OH is 1. The molecule has 0 radical (unpaired) electrons. The molecule has 0 heterocycles. The van der Waals surface area contributed by atoms with Gasteiger partial charge in [0, 0.05) is 19.6 Å². The molecule has 1 N–H and O–H groups in total. The van der Waals surface area contributed by atoms with Crippen LogP contribution < -0.4 is 9.47 Å². The summed E-state index contributed by atoms with van der Waals surface area (Å²) in [7, 11) is 1.73. The van der Waals surface area contributed by atoms with E-state index in [2.05, 4.69) is 47.4 Å². The molecule has 1 aliphatic carbocycles. The zero-order valence-corrected chi connectivity index (χ0v) is 19.5. The van der Waals surface area contributed by atoms with Crippen molar-refractivity contribution in [2.45, 2.75) is 38.3 Å². The van der Waals surface area contributed by atoms with Crippen LogP contribution in [0.15, 0.2) is 78.9 Å². The Kier molecular flexibility index (Phi) is 8.40. The summed E-state index contributed by atoms with van der Waals surface area (Å²) < 4.78 is 11.3. The topological polar surface area (TPSA) is 41.9 Å². The van der Waals surface area contributed by atoms with Crippen LogP contribution in [0.5, 0.6) is 11.5 Å². The van der Waals surface area contributed by atoms with Gasteiger partial charge in [0.25, 0.3) is 0 Å². The largest absolute Gasteiger partial charge is 0.497 e. The first kappa shape index (κ1) is 23.3. The number of hydrogen-bond donors (Lipinski definition) is 1. The summed E-state index contributed by atoms with van der Waals surface area (Å²) in [5, 5.41) is 10.8. The molecule has 3 aromatic carbocycles. The molecule has 4 rings (SSSR count). The van der Waals surface area contributed by atoms with Gasteiger partial charge >= 0.3 is 0 Å². The number of aliphatic hydroxyl groups is 1. The number of para-hydroxylation sites is 1. The highest BCUT2D eigenvalue weighted by Gasteiger charge is 2.22. The molecule has 0 amide bonds. The van der Waals surface area contributed by atoms with Crippen molar-refractivity contribution in [3.8, 4) is 11.5 Å². The van der Waals surface area contributed by atoms with Crippen LogP contribution in [0.25, 0.3) is 0 Å². The van der Waals surface area contributed by atoms with Gasteiger partial charge in [-0.2, -0.15) is 0 Å². The Morgan fingerprint density at radius 3 is 2.45 bits per heavy atom. The lowest BCUT2D eigenvalue weighted by molar-refractivity contribution is 0.0590. The molecule has 1 aliphatic rings. The second-order valence-electron chi connectivity index (χ2n) is 9.05. The van der Waals surface area contributed by atoms with Crippen LogP contribution in [0.4, 0.5) is 0 Å². The van der Waals surface area contributed by atoms with Crippen molar-refractivity contribution < 1.29 is 14.6 Å². The fraction of sp³-hybridized carbons (Fsp3) is 0.379. The van der Waals surface area contributed by atoms with E-state index in [0.717, 1.165) is 37.4 Å². The number of methoxy groups -OCH3 is 1. The lowest BCUT2D eigenvalue weighted by Gasteiger charge is -2.29. The van der Waals surface area contributed by atoms with Crippen molar-refractivity contribution in [3.63, 3.8) is 0 Å². The van der Waals surface area contributed by atoms with Crippen LogP contribution in [0.2, 0.25) is 0 Å². The molecular formula is C29H35NO3. The third kappa shape index (κ3) is 7.08. The first-order chi connectivity index (χ1) is 16.2. The number of ether oxygens (including phenoxy) is 2. The second-order valence-corrected chi connectivity index (χ2v) is 9.05. The fourth-order valence-corrected chi connectivity index (χ4v) is 4.78. The maximum absolute atomic E-state index is 10.8. The average Bonchev–Trinajstić information content (AvgIpc) is 3.05. The molecule has 3 aromatic rings. The Labute approximate surface area is 197 Å². The van der Waals surface area contributed by atoms with Gasteiger partial charge in [-0.25, -0.2) is 0 Å². The number of rotatable bonds is 10. The molecule has 1 unspecified atom stereocenters. The van der Waals surface area contributed by atoms with Crippen LogP contribution in [-0.4, -0.2) is 42.9 Å². The molecule has 2 atom stereocenters. The molecule has 0 fully saturated rings. The summed E-state index contributed by atoms with van der Waals surface area (Å²) in [5.41, 5.74) is 4.12. The van der Waals surface area contributed by atoms with Crippen LogP contribution in [0.3, 0.4) is 0 Å². The van der Waals surface area contributed by atoms with E-state index in [9.17, 15) is 5.11 Å². The SMILES string of the molecule is COc1ccc2c(c1)CC(CN(Cc1ccccc1)C[C@H](O)COc1ccccc1)CCC2. The van der Waals surface area contributed by atoms with Crippen molar-refractivity contribution in [2.24, 2.45) is 5.92 Å². The summed E-state index contributed by atoms with van der Waals surface area (Å²) in [4.78, 5) is 2.39. The van der Waals surface area contributed by atoms with Crippen LogP contribution in [0.1, 0.15) is 29.5 Å². The zero-order valence-electron chi connectivity index (χ0n) is 19.5. The number of benzene rings is 3. The van der Waals surface area contributed by atoms with Gasteiger partial charge in [-0.05, 0) is 72.6 Å². The Balaban J connectivity index is 1.42. The third-order valence-corrected chi connectivity index (χ3v) is 6.40. The van der Waals surface area contributed by atoms with Crippen molar-refractivity contribution in [1.82, 2.24) is 4.90 Å². The van der Waals surface area contributed by atoms with Crippen molar-refractivity contribution in [2.75, 3.05) is 26.8 Å². The minimum atomic E-state index is -0.549. The number of hydrogen-bond acceptors (Lipinski definition) is 4. The molecular weight excluding hydrogens is 410 g/mol. The van der Waals surface area contributed by atoms with Gasteiger partial charge in [0.1, 0.15) is 24.2 Å². The number of aryl methyl sites for hydroxylation is 1. The second kappa shape index (κ2) is 11.9. The van der Waals surface area contributed by atoms with Crippen molar-refractivity contribution in [3.05, 3.63) is 95.6 Å². The third-order valence-electron chi connectivity index (χ3n) is 6.40. The Bertz CT molecular complexity index is 977. The molecule has 33 heavy (non-hydrogen) atoms. The molecule has 0 aromatic heterocycles. The minimum Gasteiger partial charge on any atom is -0.497 e. The fourth-order valence-electron chi connectivity index (χ4n) is 4.78. The molecule has 174 valence electrons. The van der Waals surface area contributed by atoms with E-state index in [-0.39, 0.29) is 0 Å². The normalized spacial score (nSPS) is 16.6. The summed E-state index contributed by atoms with van der Waals surface area (Å²) in [5.74, 6) is 2.27. The van der Waals surface area contributed by atoms with Gasteiger partial charge in [-0.15, -0.1) is 0 Å². The van der Waals surface area contributed by atoms with E-state index in [1.54, 1.807) is 7.11 Å². The van der Waals surface area contributed by atoms with E-state index in [1.807, 2.05) is 36.4 Å². The lowest BCUT2D eigenvalue weighted by atomic mass is 9.95. The minimum absolute atomic E-state index is 0.292. The molecule has 0 bridgehead atoms. The Hall–Kier alpha value is -2.82. The van der Waals surface area contributed by atoms with Crippen LogP contribution >= 0.6 is 0 Å². The predicted molar refractivity (Wildman–Crippen MR) is 133 cm³/mol. The highest BCUT2D eigenvalue weighted by atomic mass is 16.5. The Morgan fingerprint density at radius 2 is 1.70 bits per heavy atom. The summed E-state index contributed by atoms with van der Waals surface area (Å²) in [6.07, 6.45) is 4.02. The van der Waals surface area contributed by atoms with Gasteiger partial charge < -0.3 is 14.6 Å². The molecule has 0 saturated carbocycles. The lowest BCUT2D eigenvalue weighted by Crippen LogP contribution is -2.38. The first-order valence-electron chi connectivity index (χ1n) is 12.0. The predicted octanol–water partition coefficient (Wildman–Crippen LogP) is 5.13. The molecule has 4 heteroatoms.